The number of ether oxygens (including phenoxy) is 1. The summed E-state index contributed by atoms with van der Waals surface area (Å²) < 4.78 is 5.27. The molecule has 0 aliphatic carbocycles. The van der Waals surface area contributed by atoms with E-state index in [4.69, 9.17) is 4.74 Å². The number of methoxy groups -OCH3 is 1. The molecule has 0 amide bonds. The molecule has 0 aliphatic rings. The van der Waals surface area contributed by atoms with Gasteiger partial charge in [0.05, 0.1) is 19.3 Å². The van der Waals surface area contributed by atoms with Crippen molar-refractivity contribution in [2.75, 3.05) is 13.7 Å². The van der Waals surface area contributed by atoms with Gasteiger partial charge in [0.1, 0.15) is 5.75 Å². The van der Waals surface area contributed by atoms with E-state index in [1.807, 2.05) is 25.1 Å². The zero-order valence-corrected chi connectivity index (χ0v) is 12.5. The maximum atomic E-state index is 12.4. The minimum atomic E-state index is -0.357. The second-order valence-corrected chi connectivity index (χ2v) is 5.82. The molecule has 0 aromatic heterocycles. The third kappa shape index (κ3) is 3.57. The van der Waals surface area contributed by atoms with Crippen molar-refractivity contribution < 1.29 is 14.6 Å². The molecule has 1 rings (SSSR count). The Bertz CT molecular complexity index is 440. The Morgan fingerprint density at radius 1 is 1.37 bits per heavy atom. The summed E-state index contributed by atoms with van der Waals surface area (Å²) in [6.07, 6.45) is 0.623. The maximum absolute atomic E-state index is 12.4. The summed E-state index contributed by atoms with van der Waals surface area (Å²) in [6, 6.07) is 5.70. The van der Waals surface area contributed by atoms with Crippen molar-refractivity contribution in [3.05, 3.63) is 29.3 Å². The van der Waals surface area contributed by atoms with E-state index in [0.29, 0.717) is 17.7 Å². The lowest BCUT2D eigenvalue weighted by atomic mass is 9.84. The van der Waals surface area contributed by atoms with Gasteiger partial charge < -0.3 is 9.84 Å². The van der Waals surface area contributed by atoms with Gasteiger partial charge in [-0.2, -0.15) is 0 Å². The Labute approximate surface area is 115 Å². The molecule has 0 radical (unpaired) electrons. The second-order valence-electron chi connectivity index (χ2n) is 5.82. The van der Waals surface area contributed by atoms with Crippen molar-refractivity contribution in [1.29, 1.82) is 0 Å². The summed E-state index contributed by atoms with van der Waals surface area (Å²) in [6.45, 7) is 8.09. The monoisotopic (exact) mass is 264 g/mol. The van der Waals surface area contributed by atoms with Crippen LogP contribution in [0.3, 0.4) is 0 Å². The first-order valence-electron chi connectivity index (χ1n) is 6.68. The van der Waals surface area contributed by atoms with Gasteiger partial charge in [-0.05, 0) is 29.5 Å². The normalized spacial score (nSPS) is 13.2. The molecule has 1 aromatic carbocycles. The first kappa shape index (κ1) is 15.7. The smallest absolute Gasteiger partial charge is 0.171 e. The van der Waals surface area contributed by atoms with E-state index in [2.05, 4.69) is 20.8 Å². The summed E-state index contributed by atoms with van der Waals surface area (Å²) in [5, 5.41) is 9.29. The van der Waals surface area contributed by atoms with E-state index in [9.17, 15) is 9.90 Å². The third-order valence-corrected chi connectivity index (χ3v) is 3.41. The van der Waals surface area contributed by atoms with Crippen LogP contribution < -0.4 is 4.74 Å². The first-order chi connectivity index (χ1) is 8.85. The number of rotatable bonds is 5. The van der Waals surface area contributed by atoms with Crippen molar-refractivity contribution in [1.82, 2.24) is 0 Å². The van der Waals surface area contributed by atoms with Crippen LogP contribution in [0.25, 0.3) is 0 Å². The van der Waals surface area contributed by atoms with Crippen LogP contribution in [0.2, 0.25) is 0 Å². The number of Topliss-reactive ketones (excluding diaryl/α,β-unsaturated/α-hetero) is 1. The molecule has 0 bridgehead atoms. The predicted molar refractivity (Wildman–Crippen MR) is 76.9 cm³/mol. The highest BCUT2D eigenvalue weighted by molar-refractivity contribution is 6.00. The lowest BCUT2D eigenvalue weighted by Gasteiger charge is -2.21. The number of carbonyl (C=O) groups excluding carboxylic acids is 1. The van der Waals surface area contributed by atoms with E-state index < -0.39 is 0 Å². The summed E-state index contributed by atoms with van der Waals surface area (Å²) in [7, 11) is 1.56. The number of aliphatic hydroxyl groups is 1. The van der Waals surface area contributed by atoms with Crippen LogP contribution in [-0.2, 0) is 5.41 Å². The Morgan fingerprint density at radius 3 is 2.42 bits per heavy atom. The quantitative estimate of drug-likeness (QED) is 0.831. The van der Waals surface area contributed by atoms with Crippen molar-refractivity contribution in [3.63, 3.8) is 0 Å². The molecule has 3 nitrogen and oxygen atoms in total. The van der Waals surface area contributed by atoms with E-state index in [1.165, 1.54) is 0 Å². The number of hydrogen-bond donors (Lipinski definition) is 1. The molecule has 0 heterocycles. The first-order valence-corrected chi connectivity index (χ1v) is 6.68. The summed E-state index contributed by atoms with van der Waals surface area (Å²) >= 11 is 0. The van der Waals surface area contributed by atoms with Gasteiger partial charge in [-0.25, -0.2) is 0 Å². The fourth-order valence-corrected chi connectivity index (χ4v) is 1.98. The topological polar surface area (TPSA) is 46.5 Å². The number of benzene rings is 1. The summed E-state index contributed by atoms with van der Waals surface area (Å²) in [5.41, 5.74) is 1.63. The van der Waals surface area contributed by atoms with E-state index in [1.54, 1.807) is 7.11 Å². The van der Waals surface area contributed by atoms with Gasteiger partial charge in [0.2, 0.25) is 0 Å². The highest BCUT2D eigenvalue weighted by atomic mass is 16.5. The van der Waals surface area contributed by atoms with Crippen molar-refractivity contribution in [2.45, 2.75) is 39.5 Å². The van der Waals surface area contributed by atoms with Gasteiger partial charge in [0.25, 0.3) is 0 Å². The minimum Gasteiger partial charge on any atom is -0.496 e. The zero-order valence-electron chi connectivity index (χ0n) is 12.5. The zero-order chi connectivity index (χ0) is 14.6. The van der Waals surface area contributed by atoms with Crippen molar-refractivity contribution >= 4 is 5.78 Å². The molecule has 3 heteroatoms. The Kier molecular flexibility index (Phi) is 5.12. The maximum Gasteiger partial charge on any atom is 0.171 e. The molecule has 0 fully saturated rings. The predicted octanol–water partition coefficient (Wildman–Crippen LogP) is 3.19. The molecular formula is C16H24O3. The number of ketones is 1. The van der Waals surface area contributed by atoms with Gasteiger partial charge >= 0.3 is 0 Å². The van der Waals surface area contributed by atoms with E-state index in [0.717, 1.165) is 5.56 Å². The Morgan fingerprint density at radius 2 is 2.00 bits per heavy atom. The van der Waals surface area contributed by atoms with Gasteiger partial charge in [0, 0.05) is 5.92 Å². The Balaban J connectivity index is 3.27. The summed E-state index contributed by atoms with van der Waals surface area (Å²) in [4.78, 5) is 12.4. The standard InChI is InChI=1S/C16H24O3/c1-6-11(10-17)15(18)13-9-12(16(2,3)4)7-8-14(13)19-5/h7-9,11,17H,6,10H2,1-5H3. The number of aliphatic hydroxyl groups excluding tert-OH is 1. The van der Waals surface area contributed by atoms with Gasteiger partial charge in [-0.3, -0.25) is 4.79 Å². The summed E-state index contributed by atoms with van der Waals surface area (Å²) in [5.74, 6) is 0.168. The average molecular weight is 264 g/mol. The minimum absolute atomic E-state index is 0.0256. The van der Waals surface area contributed by atoms with Crippen LogP contribution in [0.4, 0.5) is 0 Å². The molecule has 1 aromatic rings. The fraction of sp³-hybridized carbons (Fsp3) is 0.562. The molecule has 106 valence electrons. The van der Waals surface area contributed by atoms with Crippen molar-refractivity contribution in [2.24, 2.45) is 5.92 Å². The van der Waals surface area contributed by atoms with Crippen LogP contribution in [0.15, 0.2) is 18.2 Å². The molecule has 0 aliphatic heterocycles. The molecule has 0 saturated heterocycles. The fourth-order valence-electron chi connectivity index (χ4n) is 1.98. The number of hydrogen-bond acceptors (Lipinski definition) is 3. The second kappa shape index (κ2) is 6.20. The molecule has 0 saturated carbocycles. The SMILES string of the molecule is CCC(CO)C(=O)c1cc(C(C)(C)C)ccc1OC. The molecule has 1 atom stereocenters. The lowest BCUT2D eigenvalue weighted by Crippen LogP contribution is -2.20. The van der Waals surface area contributed by atoms with Crippen molar-refractivity contribution in [3.8, 4) is 5.75 Å². The third-order valence-electron chi connectivity index (χ3n) is 3.41. The van der Waals surface area contributed by atoms with Crippen LogP contribution in [-0.4, -0.2) is 24.6 Å². The average Bonchev–Trinajstić information content (AvgIpc) is 2.38. The van der Waals surface area contributed by atoms with Crippen LogP contribution in [0, 0.1) is 5.92 Å². The molecule has 0 spiro atoms. The van der Waals surface area contributed by atoms with Gasteiger partial charge in [-0.1, -0.05) is 33.8 Å². The molecule has 1 N–H and O–H groups in total. The Hall–Kier alpha value is -1.35. The van der Waals surface area contributed by atoms with Crippen LogP contribution in [0.5, 0.6) is 5.75 Å². The van der Waals surface area contributed by atoms with E-state index >= 15 is 0 Å². The lowest BCUT2D eigenvalue weighted by molar-refractivity contribution is 0.0853. The van der Waals surface area contributed by atoms with Gasteiger partial charge in [-0.15, -0.1) is 0 Å². The highest BCUT2D eigenvalue weighted by Gasteiger charge is 2.23. The van der Waals surface area contributed by atoms with Crippen LogP contribution in [0.1, 0.15) is 50.0 Å². The van der Waals surface area contributed by atoms with E-state index in [-0.39, 0.29) is 23.7 Å². The number of carbonyl (C=O) groups is 1. The van der Waals surface area contributed by atoms with Crippen LogP contribution >= 0.6 is 0 Å². The molecular weight excluding hydrogens is 240 g/mol. The largest absolute Gasteiger partial charge is 0.496 e. The van der Waals surface area contributed by atoms with Gasteiger partial charge in [0.15, 0.2) is 5.78 Å². The molecule has 19 heavy (non-hydrogen) atoms. The molecule has 1 unspecified atom stereocenters. The highest BCUT2D eigenvalue weighted by Crippen LogP contribution is 2.29.